The first-order chi connectivity index (χ1) is 15.3. The predicted octanol–water partition coefficient (Wildman–Crippen LogP) is 5.10. The lowest BCUT2D eigenvalue weighted by Gasteiger charge is -2.24. The maximum absolute atomic E-state index is 12.6. The standard InChI is InChI=1S/C23H24ClN5O2S/c1-23(2,3)31-22(30)25-18(13-15-7-5-4-6-8-15)20-26-27-21-29(20)28-19(14-32-21)16-9-11-17(24)12-10-16/h4-12,18H,13-14H2,1-3H3,(H,25,30)/t18-/m0/s1. The Kier molecular flexibility index (Phi) is 6.53. The molecule has 9 heteroatoms. The van der Waals surface area contributed by atoms with E-state index in [0.717, 1.165) is 16.8 Å². The largest absolute Gasteiger partial charge is 0.444 e. The number of hydrogen-bond acceptors (Lipinski definition) is 6. The zero-order chi connectivity index (χ0) is 22.7. The molecule has 0 unspecified atom stereocenters. The molecule has 0 bridgehead atoms. The van der Waals surface area contributed by atoms with Crippen molar-refractivity contribution < 1.29 is 9.53 Å². The molecule has 32 heavy (non-hydrogen) atoms. The van der Waals surface area contributed by atoms with Crippen LogP contribution >= 0.6 is 23.4 Å². The van der Waals surface area contributed by atoms with Gasteiger partial charge in [-0.3, -0.25) is 0 Å². The monoisotopic (exact) mass is 469 g/mol. The lowest BCUT2D eigenvalue weighted by atomic mass is 10.1. The number of carbonyl (C=O) groups is 1. The molecule has 1 aliphatic rings. The molecule has 1 atom stereocenters. The minimum atomic E-state index is -0.610. The molecule has 0 radical (unpaired) electrons. The molecule has 0 saturated carbocycles. The zero-order valence-electron chi connectivity index (χ0n) is 18.1. The summed E-state index contributed by atoms with van der Waals surface area (Å²) in [4.78, 5) is 12.6. The summed E-state index contributed by atoms with van der Waals surface area (Å²) in [6, 6.07) is 17.0. The van der Waals surface area contributed by atoms with E-state index in [1.165, 1.54) is 0 Å². The van der Waals surface area contributed by atoms with Gasteiger partial charge in [0, 0.05) is 17.2 Å². The molecule has 2 heterocycles. The highest BCUT2D eigenvalue weighted by molar-refractivity contribution is 7.99. The Hall–Kier alpha value is -2.84. The van der Waals surface area contributed by atoms with Gasteiger partial charge in [0.15, 0.2) is 5.82 Å². The molecule has 1 aromatic heterocycles. The lowest BCUT2D eigenvalue weighted by Crippen LogP contribution is -2.37. The zero-order valence-corrected chi connectivity index (χ0v) is 19.7. The SMILES string of the molecule is CC(C)(C)OC(=O)N[C@@H](Cc1ccccc1)c1nnc2n1N=C(c1ccc(Cl)cc1)CS2. The predicted molar refractivity (Wildman–Crippen MR) is 126 cm³/mol. The van der Waals surface area contributed by atoms with Crippen molar-refractivity contribution >= 4 is 35.2 Å². The highest BCUT2D eigenvalue weighted by Gasteiger charge is 2.28. The van der Waals surface area contributed by atoms with Gasteiger partial charge in [-0.15, -0.1) is 10.2 Å². The number of amides is 1. The Morgan fingerprint density at radius 3 is 2.56 bits per heavy atom. The third-order valence-corrected chi connectivity index (χ3v) is 5.84. The van der Waals surface area contributed by atoms with Crippen LogP contribution in [0.1, 0.15) is 43.8 Å². The molecule has 0 saturated heterocycles. The first-order valence-corrected chi connectivity index (χ1v) is 11.6. The summed E-state index contributed by atoms with van der Waals surface area (Å²) < 4.78 is 7.20. The number of alkyl carbamates (subject to hydrolysis) is 1. The van der Waals surface area contributed by atoms with Crippen LogP contribution in [-0.2, 0) is 11.2 Å². The first-order valence-electron chi connectivity index (χ1n) is 10.2. The molecule has 3 aromatic rings. The summed E-state index contributed by atoms with van der Waals surface area (Å²) >= 11 is 7.58. The Balaban J connectivity index is 1.67. The third kappa shape index (κ3) is 5.49. The molecule has 7 nitrogen and oxygen atoms in total. The lowest BCUT2D eigenvalue weighted by molar-refractivity contribution is 0.0500. The average molecular weight is 470 g/mol. The van der Waals surface area contributed by atoms with Crippen molar-refractivity contribution in [2.24, 2.45) is 5.10 Å². The number of nitrogens with zero attached hydrogens (tertiary/aromatic N) is 4. The number of benzene rings is 2. The second-order valence-electron chi connectivity index (χ2n) is 8.38. The van der Waals surface area contributed by atoms with Crippen LogP contribution in [0.3, 0.4) is 0 Å². The summed E-state index contributed by atoms with van der Waals surface area (Å²) in [6.45, 7) is 5.49. The van der Waals surface area contributed by atoms with E-state index < -0.39 is 17.7 Å². The van der Waals surface area contributed by atoms with E-state index in [2.05, 4.69) is 15.5 Å². The molecule has 1 N–H and O–H groups in total. The summed E-state index contributed by atoms with van der Waals surface area (Å²) in [6.07, 6.45) is 0.00968. The van der Waals surface area contributed by atoms with Gasteiger partial charge in [0.25, 0.3) is 0 Å². The van der Waals surface area contributed by atoms with Gasteiger partial charge >= 0.3 is 6.09 Å². The fourth-order valence-corrected chi connectivity index (χ4v) is 4.22. The van der Waals surface area contributed by atoms with Crippen molar-refractivity contribution in [1.82, 2.24) is 20.2 Å². The first kappa shape index (κ1) is 22.4. The van der Waals surface area contributed by atoms with Crippen molar-refractivity contribution in [3.8, 4) is 0 Å². The topological polar surface area (TPSA) is 81.4 Å². The van der Waals surface area contributed by atoms with Crippen LogP contribution in [0.25, 0.3) is 0 Å². The van der Waals surface area contributed by atoms with Gasteiger partial charge in [-0.05, 0) is 44.0 Å². The summed E-state index contributed by atoms with van der Waals surface area (Å²) in [7, 11) is 0. The molecular formula is C23H24ClN5O2S. The maximum atomic E-state index is 12.6. The normalized spacial score (nSPS) is 14.3. The van der Waals surface area contributed by atoms with Crippen molar-refractivity contribution in [3.05, 3.63) is 76.6 Å². The molecule has 0 aliphatic carbocycles. The molecule has 1 amide bonds. The van der Waals surface area contributed by atoms with E-state index in [0.29, 0.717) is 28.2 Å². The Morgan fingerprint density at radius 2 is 1.88 bits per heavy atom. The van der Waals surface area contributed by atoms with Gasteiger partial charge in [0.2, 0.25) is 5.16 Å². The maximum Gasteiger partial charge on any atom is 0.408 e. The molecule has 166 valence electrons. The van der Waals surface area contributed by atoms with Gasteiger partial charge in [-0.25, -0.2) is 4.79 Å². The average Bonchev–Trinajstić information content (AvgIpc) is 3.16. The summed E-state index contributed by atoms with van der Waals surface area (Å²) in [5.41, 5.74) is 2.31. The fraction of sp³-hybridized carbons (Fsp3) is 0.304. The van der Waals surface area contributed by atoms with Crippen LogP contribution < -0.4 is 5.32 Å². The van der Waals surface area contributed by atoms with Gasteiger partial charge in [-0.1, -0.05) is 65.8 Å². The van der Waals surface area contributed by atoms with E-state index in [1.807, 2.05) is 75.4 Å². The number of ether oxygens (including phenoxy) is 1. The molecule has 0 fully saturated rings. The van der Waals surface area contributed by atoms with E-state index in [-0.39, 0.29) is 0 Å². The summed E-state index contributed by atoms with van der Waals surface area (Å²) in [5.74, 6) is 1.22. The number of fused-ring (bicyclic) bond motifs is 1. The molecule has 2 aromatic carbocycles. The minimum Gasteiger partial charge on any atom is -0.444 e. The Labute approximate surface area is 196 Å². The number of carbonyl (C=O) groups excluding carboxylic acids is 1. The van der Waals surface area contributed by atoms with Crippen molar-refractivity contribution in [1.29, 1.82) is 0 Å². The smallest absolute Gasteiger partial charge is 0.408 e. The van der Waals surface area contributed by atoms with Crippen LogP contribution in [0.5, 0.6) is 0 Å². The molecule has 0 spiro atoms. The third-order valence-electron chi connectivity index (χ3n) is 4.66. The number of halogens is 1. The van der Waals surface area contributed by atoms with Crippen LogP contribution in [0.2, 0.25) is 5.02 Å². The molecule has 4 rings (SSSR count). The second-order valence-corrected chi connectivity index (χ2v) is 9.76. The van der Waals surface area contributed by atoms with Crippen LogP contribution in [0.15, 0.2) is 64.9 Å². The van der Waals surface area contributed by atoms with Crippen LogP contribution in [0, 0.1) is 0 Å². The number of rotatable bonds is 5. The molecule has 1 aliphatic heterocycles. The van der Waals surface area contributed by atoms with E-state index in [1.54, 1.807) is 16.4 Å². The fourth-order valence-electron chi connectivity index (χ4n) is 3.25. The Morgan fingerprint density at radius 1 is 1.16 bits per heavy atom. The van der Waals surface area contributed by atoms with Gasteiger partial charge < -0.3 is 10.1 Å². The molecular weight excluding hydrogens is 446 g/mol. The quantitative estimate of drug-likeness (QED) is 0.562. The van der Waals surface area contributed by atoms with Crippen molar-refractivity contribution in [2.75, 3.05) is 5.75 Å². The van der Waals surface area contributed by atoms with E-state index >= 15 is 0 Å². The minimum absolute atomic E-state index is 0.470. The second kappa shape index (κ2) is 9.34. The summed E-state index contributed by atoms with van der Waals surface area (Å²) in [5, 5.41) is 17.8. The highest BCUT2D eigenvalue weighted by Crippen LogP contribution is 2.28. The van der Waals surface area contributed by atoms with Crippen molar-refractivity contribution in [3.63, 3.8) is 0 Å². The van der Waals surface area contributed by atoms with Crippen LogP contribution in [-0.4, -0.2) is 38.0 Å². The van der Waals surface area contributed by atoms with Crippen molar-refractivity contribution in [2.45, 2.75) is 44.0 Å². The number of hydrogen-bond donors (Lipinski definition) is 1. The number of thioether (sulfide) groups is 1. The van der Waals surface area contributed by atoms with Gasteiger partial charge in [-0.2, -0.15) is 9.78 Å². The number of aromatic nitrogens is 3. The van der Waals surface area contributed by atoms with Gasteiger partial charge in [0.05, 0.1) is 11.8 Å². The highest BCUT2D eigenvalue weighted by atomic mass is 35.5. The number of nitrogens with one attached hydrogen (secondary N) is 1. The van der Waals surface area contributed by atoms with E-state index in [9.17, 15) is 4.79 Å². The van der Waals surface area contributed by atoms with Crippen LogP contribution in [0.4, 0.5) is 4.79 Å². The van der Waals surface area contributed by atoms with E-state index in [4.69, 9.17) is 21.4 Å². The Bertz CT molecular complexity index is 1120. The van der Waals surface area contributed by atoms with Gasteiger partial charge in [0.1, 0.15) is 5.60 Å².